The van der Waals surface area contributed by atoms with Gasteiger partial charge in [0.1, 0.15) is 0 Å². The maximum absolute atomic E-state index is 12.6. The van der Waals surface area contributed by atoms with E-state index in [1.54, 1.807) is 6.21 Å². The van der Waals surface area contributed by atoms with E-state index in [1.807, 2.05) is 36.4 Å². The van der Waals surface area contributed by atoms with E-state index >= 15 is 0 Å². The van der Waals surface area contributed by atoms with Crippen molar-refractivity contribution in [3.05, 3.63) is 101 Å². The van der Waals surface area contributed by atoms with Crippen molar-refractivity contribution in [3.8, 4) is 0 Å². The lowest BCUT2D eigenvalue weighted by Crippen LogP contribution is -2.19. The SMILES string of the molecule is Cc1c(/C=N\NC(=O)c2ccc(N3CCCC3)cc2)c2ccccc2n1Cc1ccccc1. The topological polar surface area (TPSA) is 49.6 Å². The Hall–Kier alpha value is -3.86. The van der Waals surface area contributed by atoms with Gasteiger partial charge in [0.2, 0.25) is 0 Å². The van der Waals surface area contributed by atoms with Crippen molar-refractivity contribution in [2.45, 2.75) is 26.3 Å². The summed E-state index contributed by atoms with van der Waals surface area (Å²) >= 11 is 0. The number of para-hydroxylation sites is 1. The summed E-state index contributed by atoms with van der Waals surface area (Å²) in [6.45, 7) is 5.07. The van der Waals surface area contributed by atoms with Crippen LogP contribution in [0.3, 0.4) is 0 Å². The molecule has 5 nitrogen and oxygen atoms in total. The molecule has 5 heteroatoms. The van der Waals surface area contributed by atoms with Gasteiger partial charge in [-0.15, -0.1) is 0 Å². The highest BCUT2D eigenvalue weighted by molar-refractivity contribution is 6.02. The van der Waals surface area contributed by atoms with Crippen LogP contribution < -0.4 is 10.3 Å². The summed E-state index contributed by atoms with van der Waals surface area (Å²) in [5, 5.41) is 5.42. The molecule has 166 valence electrons. The van der Waals surface area contributed by atoms with Crippen LogP contribution in [0.2, 0.25) is 0 Å². The molecule has 1 aromatic heterocycles. The number of fused-ring (bicyclic) bond motifs is 1. The zero-order valence-corrected chi connectivity index (χ0v) is 18.9. The average molecular weight is 437 g/mol. The normalized spacial score (nSPS) is 13.8. The molecule has 1 N–H and O–H groups in total. The van der Waals surface area contributed by atoms with E-state index in [0.29, 0.717) is 5.56 Å². The number of carbonyl (C=O) groups is 1. The van der Waals surface area contributed by atoms with Gasteiger partial charge in [0.15, 0.2) is 0 Å². The van der Waals surface area contributed by atoms with Gasteiger partial charge < -0.3 is 9.47 Å². The number of anilines is 1. The summed E-state index contributed by atoms with van der Waals surface area (Å²) in [6.07, 6.45) is 4.23. The minimum absolute atomic E-state index is 0.204. The summed E-state index contributed by atoms with van der Waals surface area (Å²) in [7, 11) is 0. The van der Waals surface area contributed by atoms with Gasteiger partial charge in [0.25, 0.3) is 5.91 Å². The first kappa shape index (κ1) is 21.0. The molecule has 3 aromatic carbocycles. The van der Waals surface area contributed by atoms with Crippen LogP contribution in [0.5, 0.6) is 0 Å². The predicted octanol–water partition coefficient (Wildman–Crippen LogP) is 5.36. The minimum atomic E-state index is -0.204. The largest absolute Gasteiger partial charge is 0.372 e. The number of carbonyl (C=O) groups excluding carboxylic acids is 1. The first-order valence-corrected chi connectivity index (χ1v) is 11.5. The van der Waals surface area contributed by atoms with E-state index in [0.717, 1.165) is 41.8 Å². The standard InChI is InChI=1S/C28H28N4O/c1-21-26(25-11-5-6-12-27(25)32(21)20-22-9-3-2-4-10-22)19-29-30-28(33)23-13-15-24(16-14-23)31-17-7-8-18-31/h2-6,9-16,19H,7-8,17-18,20H2,1H3,(H,30,33)/b29-19-. The zero-order valence-electron chi connectivity index (χ0n) is 18.9. The molecule has 1 amide bonds. The number of benzene rings is 3. The molecule has 0 saturated carbocycles. The first-order valence-electron chi connectivity index (χ1n) is 11.5. The van der Waals surface area contributed by atoms with Gasteiger partial charge in [-0.2, -0.15) is 5.10 Å². The van der Waals surface area contributed by atoms with Gasteiger partial charge >= 0.3 is 0 Å². The Morgan fingerprint density at radius 1 is 0.939 bits per heavy atom. The molecule has 2 heterocycles. The Kier molecular flexibility index (Phi) is 5.94. The van der Waals surface area contributed by atoms with Crippen LogP contribution in [-0.4, -0.2) is 29.8 Å². The Morgan fingerprint density at radius 2 is 1.64 bits per heavy atom. The van der Waals surface area contributed by atoms with Gasteiger partial charge in [-0.25, -0.2) is 5.43 Å². The van der Waals surface area contributed by atoms with Crippen LogP contribution in [0.15, 0.2) is 84.0 Å². The fourth-order valence-electron chi connectivity index (χ4n) is 4.61. The van der Waals surface area contributed by atoms with Crippen LogP contribution in [0, 0.1) is 6.92 Å². The number of amides is 1. The van der Waals surface area contributed by atoms with E-state index < -0.39 is 0 Å². The predicted molar refractivity (Wildman–Crippen MR) is 135 cm³/mol. The monoisotopic (exact) mass is 436 g/mol. The molecular formula is C28H28N4O. The molecule has 1 fully saturated rings. The first-order chi connectivity index (χ1) is 16.2. The lowest BCUT2D eigenvalue weighted by atomic mass is 10.1. The molecule has 0 spiro atoms. The van der Waals surface area contributed by atoms with E-state index in [9.17, 15) is 4.79 Å². The van der Waals surface area contributed by atoms with E-state index in [4.69, 9.17) is 0 Å². The van der Waals surface area contributed by atoms with Gasteiger partial charge in [-0.3, -0.25) is 4.79 Å². The molecule has 33 heavy (non-hydrogen) atoms. The second-order valence-electron chi connectivity index (χ2n) is 8.53. The minimum Gasteiger partial charge on any atom is -0.372 e. The lowest BCUT2D eigenvalue weighted by Gasteiger charge is -2.17. The van der Waals surface area contributed by atoms with Crippen molar-refractivity contribution < 1.29 is 4.79 Å². The van der Waals surface area contributed by atoms with E-state index in [-0.39, 0.29) is 5.91 Å². The summed E-state index contributed by atoms with van der Waals surface area (Å²) in [5.74, 6) is -0.204. The van der Waals surface area contributed by atoms with Crippen molar-refractivity contribution in [2.75, 3.05) is 18.0 Å². The summed E-state index contributed by atoms with van der Waals surface area (Å²) in [4.78, 5) is 15.0. The Morgan fingerprint density at radius 3 is 2.39 bits per heavy atom. The van der Waals surface area contributed by atoms with Crippen molar-refractivity contribution in [1.29, 1.82) is 0 Å². The smallest absolute Gasteiger partial charge is 0.271 e. The van der Waals surface area contributed by atoms with E-state index in [1.165, 1.54) is 24.1 Å². The third-order valence-electron chi connectivity index (χ3n) is 6.42. The molecule has 0 unspecified atom stereocenters. The summed E-state index contributed by atoms with van der Waals surface area (Å²) in [5.41, 5.74) is 9.02. The number of rotatable bonds is 6. The molecule has 0 atom stereocenters. The van der Waals surface area contributed by atoms with Gasteiger partial charge in [0.05, 0.1) is 6.21 Å². The zero-order chi connectivity index (χ0) is 22.6. The van der Waals surface area contributed by atoms with Gasteiger partial charge in [-0.1, -0.05) is 48.5 Å². The lowest BCUT2D eigenvalue weighted by molar-refractivity contribution is 0.0955. The molecular weight excluding hydrogens is 408 g/mol. The number of aromatic nitrogens is 1. The Balaban J connectivity index is 1.34. The molecule has 4 aromatic rings. The fourth-order valence-corrected chi connectivity index (χ4v) is 4.61. The highest BCUT2D eigenvalue weighted by Crippen LogP contribution is 2.25. The van der Waals surface area contributed by atoms with Crippen LogP contribution in [-0.2, 0) is 6.54 Å². The van der Waals surface area contributed by atoms with Crippen LogP contribution >= 0.6 is 0 Å². The molecule has 1 saturated heterocycles. The Bertz CT molecular complexity index is 1280. The number of nitrogens with zero attached hydrogens (tertiary/aromatic N) is 3. The molecule has 0 bridgehead atoms. The summed E-state index contributed by atoms with van der Waals surface area (Å²) < 4.78 is 2.30. The van der Waals surface area contributed by atoms with Crippen molar-refractivity contribution in [2.24, 2.45) is 5.10 Å². The number of hydrazone groups is 1. The number of hydrogen-bond acceptors (Lipinski definition) is 3. The maximum atomic E-state index is 12.6. The fraction of sp³-hybridized carbons (Fsp3) is 0.214. The van der Waals surface area contributed by atoms with Crippen LogP contribution in [0.4, 0.5) is 5.69 Å². The Labute approximate surface area is 194 Å². The average Bonchev–Trinajstić information content (AvgIpc) is 3.48. The quantitative estimate of drug-likeness (QED) is 0.327. The molecule has 1 aliphatic rings. The molecule has 0 radical (unpaired) electrons. The molecule has 0 aliphatic carbocycles. The molecule has 1 aliphatic heterocycles. The molecule has 5 rings (SSSR count). The van der Waals surface area contributed by atoms with Crippen molar-refractivity contribution in [3.63, 3.8) is 0 Å². The number of nitrogens with one attached hydrogen (secondary N) is 1. The van der Waals surface area contributed by atoms with Crippen molar-refractivity contribution in [1.82, 2.24) is 9.99 Å². The van der Waals surface area contributed by atoms with E-state index in [2.05, 4.69) is 69.4 Å². The second kappa shape index (κ2) is 9.33. The van der Waals surface area contributed by atoms with Gasteiger partial charge in [0, 0.05) is 53.0 Å². The maximum Gasteiger partial charge on any atom is 0.271 e. The van der Waals surface area contributed by atoms with Crippen LogP contribution in [0.1, 0.15) is 40.0 Å². The van der Waals surface area contributed by atoms with Crippen molar-refractivity contribution >= 4 is 28.7 Å². The van der Waals surface area contributed by atoms with Crippen LogP contribution in [0.25, 0.3) is 10.9 Å². The highest BCUT2D eigenvalue weighted by atomic mass is 16.2. The second-order valence-corrected chi connectivity index (χ2v) is 8.53. The third kappa shape index (κ3) is 4.40. The number of hydrogen-bond donors (Lipinski definition) is 1. The van der Waals surface area contributed by atoms with Gasteiger partial charge in [-0.05, 0) is 55.7 Å². The highest BCUT2D eigenvalue weighted by Gasteiger charge is 2.14. The summed E-state index contributed by atoms with van der Waals surface area (Å²) in [6, 6.07) is 26.5. The third-order valence-corrected chi connectivity index (χ3v) is 6.42.